The van der Waals surface area contributed by atoms with E-state index in [1.54, 1.807) is 49.4 Å². The van der Waals surface area contributed by atoms with Crippen molar-refractivity contribution in [2.75, 3.05) is 23.7 Å². The molecule has 0 aliphatic heterocycles. The van der Waals surface area contributed by atoms with Gasteiger partial charge in [0.1, 0.15) is 6.04 Å². The van der Waals surface area contributed by atoms with Crippen LogP contribution in [0, 0.1) is 5.92 Å². The summed E-state index contributed by atoms with van der Waals surface area (Å²) < 4.78 is 26.0. The molecule has 0 saturated carbocycles. The molecule has 1 atom stereocenters. The first kappa shape index (κ1) is 28.9. The van der Waals surface area contributed by atoms with E-state index >= 15 is 0 Å². The van der Waals surface area contributed by atoms with Crippen molar-refractivity contribution >= 4 is 50.7 Å². The van der Waals surface area contributed by atoms with E-state index < -0.39 is 16.1 Å². The molecule has 0 heterocycles. The largest absolute Gasteiger partial charge is 0.354 e. The van der Waals surface area contributed by atoms with Crippen LogP contribution in [-0.2, 0) is 26.2 Å². The lowest BCUT2D eigenvalue weighted by Gasteiger charge is -2.29. The van der Waals surface area contributed by atoms with Gasteiger partial charge in [-0.3, -0.25) is 13.9 Å². The third-order valence-corrected chi connectivity index (χ3v) is 7.04. The second kappa shape index (κ2) is 13.1. The Hall–Kier alpha value is -2.29. The molecular weight excluding hydrogens is 509 g/mol. The molecule has 0 aromatic heterocycles. The van der Waals surface area contributed by atoms with E-state index in [1.807, 2.05) is 19.9 Å². The maximum Gasteiger partial charge on any atom is 0.242 e. The predicted octanol–water partition coefficient (Wildman–Crippen LogP) is 4.73. The fourth-order valence-electron chi connectivity index (χ4n) is 3.48. The quantitative estimate of drug-likeness (QED) is 0.420. The Bertz CT molecular complexity index is 1110. The van der Waals surface area contributed by atoms with Gasteiger partial charge in [0, 0.05) is 36.1 Å². The molecule has 10 heteroatoms. The Balaban J connectivity index is 2.15. The maximum atomic E-state index is 13.3. The highest BCUT2D eigenvalue weighted by atomic mass is 35.5. The minimum atomic E-state index is -3.56. The molecule has 0 bridgehead atoms. The third kappa shape index (κ3) is 9.35. The van der Waals surface area contributed by atoms with Crippen molar-refractivity contribution in [3.63, 3.8) is 0 Å². The Morgan fingerprint density at radius 3 is 2.23 bits per heavy atom. The van der Waals surface area contributed by atoms with Gasteiger partial charge in [-0.05, 0) is 61.2 Å². The van der Waals surface area contributed by atoms with E-state index in [4.69, 9.17) is 23.2 Å². The summed E-state index contributed by atoms with van der Waals surface area (Å²) in [6, 6.07) is 12.9. The standard InChI is InChI=1S/C25H33Cl2N3O4S/c1-18(2)16-28-25(32)19(3)29(17-20-7-5-8-22(27)15-20)24(31)9-6-14-30(35(4,33)34)23-12-10-21(26)11-13-23/h5,7-8,10-13,15,18-19H,6,9,14,16-17H2,1-4H3,(H,28,32)/t19-/m0/s1. The average Bonchev–Trinajstić information content (AvgIpc) is 2.78. The van der Waals surface area contributed by atoms with Crippen LogP contribution < -0.4 is 9.62 Å². The summed E-state index contributed by atoms with van der Waals surface area (Å²) in [6.07, 6.45) is 1.47. The van der Waals surface area contributed by atoms with Gasteiger partial charge in [-0.2, -0.15) is 0 Å². The molecule has 0 unspecified atom stereocenters. The van der Waals surface area contributed by atoms with Gasteiger partial charge in [-0.1, -0.05) is 49.2 Å². The van der Waals surface area contributed by atoms with Gasteiger partial charge in [0.25, 0.3) is 0 Å². The molecule has 35 heavy (non-hydrogen) atoms. The zero-order valence-electron chi connectivity index (χ0n) is 20.5. The zero-order chi connectivity index (χ0) is 26.2. The van der Waals surface area contributed by atoms with Gasteiger partial charge in [0.2, 0.25) is 21.8 Å². The number of anilines is 1. The number of amides is 2. The van der Waals surface area contributed by atoms with Crippen molar-refractivity contribution in [3.05, 3.63) is 64.1 Å². The van der Waals surface area contributed by atoms with E-state index in [2.05, 4.69) is 5.32 Å². The average molecular weight is 543 g/mol. The topological polar surface area (TPSA) is 86.8 Å². The number of halogens is 2. The van der Waals surface area contributed by atoms with Crippen molar-refractivity contribution in [2.45, 2.75) is 46.2 Å². The van der Waals surface area contributed by atoms with Crippen molar-refractivity contribution in [2.24, 2.45) is 5.92 Å². The lowest BCUT2D eigenvalue weighted by molar-refractivity contribution is -0.140. The summed E-state index contributed by atoms with van der Waals surface area (Å²) >= 11 is 12.0. The van der Waals surface area contributed by atoms with E-state index in [0.717, 1.165) is 11.8 Å². The summed E-state index contributed by atoms with van der Waals surface area (Å²) in [5.41, 5.74) is 1.27. The minimum absolute atomic E-state index is 0.0714. The van der Waals surface area contributed by atoms with E-state index in [-0.39, 0.29) is 43.7 Å². The summed E-state index contributed by atoms with van der Waals surface area (Å²) in [5.74, 6) is -0.215. The van der Waals surface area contributed by atoms with Crippen molar-refractivity contribution < 1.29 is 18.0 Å². The molecule has 2 aromatic rings. The third-order valence-electron chi connectivity index (χ3n) is 5.36. The molecular formula is C25H33Cl2N3O4S. The number of sulfonamides is 1. The highest BCUT2D eigenvalue weighted by Gasteiger charge is 2.26. The van der Waals surface area contributed by atoms with Gasteiger partial charge in [0.05, 0.1) is 11.9 Å². The van der Waals surface area contributed by atoms with Crippen LogP contribution in [0.25, 0.3) is 0 Å². The van der Waals surface area contributed by atoms with Gasteiger partial charge >= 0.3 is 0 Å². The van der Waals surface area contributed by atoms with Gasteiger partial charge in [-0.15, -0.1) is 0 Å². The first-order valence-electron chi connectivity index (χ1n) is 11.4. The molecule has 0 aliphatic rings. The first-order chi connectivity index (χ1) is 16.4. The molecule has 0 spiro atoms. The monoisotopic (exact) mass is 541 g/mol. The molecule has 7 nitrogen and oxygen atoms in total. The maximum absolute atomic E-state index is 13.3. The van der Waals surface area contributed by atoms with Crippen molar-refractivity contribution in [1.82, 2.24) is 10.2 Å². The van der Waals surface area contributed by atoms with Gasteiger partial charge in [0.15, 0.2) is 0 Å². The number of carbonyl (C=O) groups is 2. The Labute approximate surface area is 218 Å². The Morgan fingerprint density at radius 2 is 1.66 bits per heavy atom. The van der Waals surface area contributed by atoms with Crippen LogP contribution >= 0.6 is 23.2 Å². The molecule has 2 aromatic carbocycles. The lowest BCUT2D eigenvalue weighted by Crippen LogP contribution is -2.48. The molecule has 2 amide bonds. The predicted molar refractivity (Wildman–Crippen MR) is 142 cm³/mol. The Kier molecular flexibility index (Phi) is 10.9. The molecule has 0 aliphatic carbocycles. The fraction of sp³-hybridized carbons (Fsp3) is 0.440. The van der Waals surface area contributed by atoms with Crippen LogP contribution in [0.4, 0.5) is 5.69 Å². The van der Waals surface area contributed by atoms with E-state index in [9.17, 15) is 18.0 Å². The molecule has 2 rings (SSSR count). The normalized spacial score (nSPS) is 12.3. The number of nitrogens with zero attached hydrogens (tertiary/aromatic N) is 2. The number of hydrogen-bond acceptors (Lipinski definition) is 4. The van der Waals surface area contributed by atoms with Crippen LogP contribution in [0.1, 0.15) is 39.2 Å². The van der Waals surface area contributed by atoms with Crippen LogP contribution in [0.3, 0.4) is 0 Å². The second-order valence-corrected chi connectivity index (χ2v) is 11.7. The number of rotatable bonds is 12. The molecule has 1 N–H and O–H groups in total. The Morgan fingerprint density at radius 1 is 1.00 bits per heavy atom. The molecule has 0 fully saturated rings. The van der Waals surface area contributed by atoms with Crippen molar-refractivity contribution in [3.8, 4) is 0 Å². The molecule has 192 valence electrons. The lowest BCUT2D eigenvalue weighted by atomic mass is 10.1. The summed E-state index contributed by atoms with van der Waals surface area (Å²) in [5, 5.41) is 3.92. The van der Waals surface area contributed by atoms with E-state index in [1.165, 1.54) is 9.21 Å². The highest BCUT2D eigenvalue weighted by Crippen LogP contribution is 2.22. The summed E-state index contributed by atoms with van der Waals surface area (Å²) in [7, 11) is -3.56. The number of benzene rings is 2. The van der Waals surface area contributed by atoms with E-state index in [0.29, 0.717) is 22.3 Å². The van der Waals surface area contributed by atoms with Crippen molar-refractivity contribution in [1.29, 1.82) is 0 Å². The minimum Gasteiger partial charge on any atom is -0.354 e. The summed E-state index contributed by atoms with van der Waals surface area (Å²) in [6.45, 7) is 6.51. The van der Waals surface area contributed by atoms with Gasteiger partial charge in [-0.25, -0.2) is 8.42 Å². The first-order valence-corrected chi connectivity index (χ1v) is 14.0. The number of nitrogens with one attached hydrogen (secondary N) is 1. The van der Waals surface area contributed by atoms with Crippen LogP contribution in [0.5, 0.6) is 0 Å². The smallest absolute Gasteiger partial charge is 0.242 e. The van der Waals surface area contributed by atoms with Crippen LogP contribution in [-0.4, -0.2) is 50.5 Å². The van der Waals surface area contributed by atoms with Crippen LogP contribution in [0.2, 0.25) is 10.0 Å². The molecule has 0 radical (unpaired) electrons. The highest BCUT2D eigenvalue weighted by molar-refractivity contribution is 7.92. The number of hydrogen-bond donors (Lipinski definition) is 1. The van der Waals surface area contributed by atoms with Gasteiger partial charge < -0.3 is 10.2 Å². The second-order valence-electron chi connectivity index (χ2n) is 8.88. The molecule has 0 saturated heterocycles. The zero-order valence-corrected chi connectivity index (χ0v) is 22.8. The SMILES string of the molecule is CC(C)CNC(=O)[C@H](C)N(Cc1cccc(Cl)c1)C(=O)CCCN(c1ccc(Cl)cc1)S(C)(=O)=O. The summed E-state index contributed by atoms with van der Waals surface area (Å²) in [4.78, 5) is 27.5. The number of carbonyl (C=O) groups excluding carboxylic acids is 2. The fourth-order valence-corrected chi connectivity index (χ4v) is 4.78. The van der Waals surface area contributed by atoms with Crippen LogP contribution in [0.15, 0.2) is 48.5 Å².